The van der Waals surface area contributed by atoms with Crippen molar-refractivity contribution in [2.75, 3.05) is 0 Å². The minimum atomic E-state index is -0.350. The molecule has 0 heterocycles. The molecule has 0 aliphatic heterocycles. The molecule has 3 nitrogen and oxygen atoms in total. The zero-order valence-electron chi connectivity index (χ0n) is 13.5. The molecule has 114 valence electrons. The molecule has 2 rings (SSSR count). The fraction of sp³-hybridized carbons (Fsp3) is 0.263. The van der Waals surface area contributed by atoms with Gasteiger partial charge in [0.2, 0.25) is 0 Å². The Morgan fingerprint density at radius 2 is 1.68 bits per heavy atom. The molecular weight excluding hydrogens is 274 g/mol. The van der Waals surface area contributed by atoms with Gasteiger partial charge in [-0.25, -0.2) is 0 Å². The van der Waals surface area contributed by atoms with Crippen molar-refractivity contribution in [2.24, 2.45) is 0 Å². The maximum atomic E-state index is 11.3. The molecule has 3 heteroatoms. The lowest BCUT2D eigenvalue weighted by Crippen LogP contribution is -2.10. The van der Waals surface area contributed by atoms with E-state index in [1.807, 2.05) is 25.1 Å². The molecule has 0 unspecified atom stereocenters. The first kappa shape index (κ1) is 16.0. The van der Waals surface area contributed by atoms with Gasteiger partial charge in [0, 0.05) is 6.07 Å². The van der Waals surface area contributed by atoms with Crippen LogP contribution < -0.4 is 0 Å². The zero-order chi connectivity index (χ0) is 16.5. The largest absolute Gasteiger partial charge is 0.277 e. The maximum absolute atomic E-state index is 11.3. The van der Waals surface area contributed by atoms with E-state index >= 15 is 0 Å². The molecule has 0 bridgehead atoms. The summed E-state index contributed by atoms with van der Waals surface area (Å²) in [6.45, 7) is 12.0. The van der Waals surface area contributed by atoms with Crippen LogP contribution in [0.25, 0.3) is 17.2 Å². The summed E-state index contributed by atoms with van der Waals surface area (Å²) in [6.07, 6.45) is 1.54. The molecule has 0 radical (unpaired) electrons. The Morgan fingerprint density at radius 3 is 2.14 bits per heavy atom. The van der Waals surface area contributed by atoms with Crippen LogP contribution in [0.3, 0.4) is 0 Å². The summed E-state index contributed by atoms with van der Waals surface area (Å²) < 4.78 is 0. The summed E-state index contributed by atoms with van der Waals surface area (Å²) in [7, 11) is 0. The number of hydrogen-bond donors (Lipinski definition) is 0. The fourth-order valence-corrected chi connectivity index (χ4v) is 2.53. The standard InChI is InChI=1S/C19H21NO2/c1-6-17-13(2)11-15(12-18(17)20(21)22)14-7-9-16(10-8-14)19(3,4)5/h6-12H,1H2,2-5H3. The number of nitro benzene ring substituents is 1. The van der Waals surface area contributed by atoms with Gasteiger partial charge in [-0.3, -0.25) is 10.1 Å². The summed E-state index contributed by atoms with van der Waals surface area (Å²) in [4.78, 5) is 10.9. The van der Waals surface area contributed by atoms with Crippen LogP contribution in [0.4, 0.5) is 5.69 Å². The number of nitro groups is 1. The van der Waals surface area contributed by atoms with Crippen LogP contribution >= 0.6 is 0 Å². The smallest absolute Gasteiger partial charge is 0.258 e. The van der Waals surface area contributed by atoms with Crippen molar-refractivity contribution in [3.8, 4) is 11.1 Å². The second-order valence-corrected chi connectivity index (χ2v) is 6.51. The second-order valence-electron chi connectivity index (χ2n) is 6.51. The van der Waals surface area contributed by atoms with Gasteiger partial charge in [0.05, 0.1) is 10.5 Å². The SMILES string of the molecule is C=Cc1c(C)cc(-c2ccc(C(C)(C)C)cc2)cc1[N+](=O)[O-]. The van der Waals surface area contributed by atoms with Gasteiger partial charge in [-0.15, -0.1) is 0 Å². The van der Waals surface area contributed by atoms with Gasteiger partial charge in [-0.05, 0) is 34.6 Å². The first-order valence-electron chi connectivity index (χ1n) is 7.26. The number of benzene rings is 2. The maximum Gasteiger partial charge on any atom is 0.277 e. The predicted molar refractivity (Wildman–Crippen MR) is 92.1 cm³/mol. The Balaban J connectivity index is 2.54. The third kappa shape index (κ3) is 3.08. The molecule has 0 spiro atoms. The van der Waals surface area contributed by atoms with Crippen molar-refractivity contribution in [1.82, 2.24) is 0 Å². The highest BCUT2D eigenvalue weighted by atomic mass is 16.6. The summed E-state index contributed by atoms with van der Waals surface area (Å²) in [5.74, 6) is 0. The highest BCUT2D eigenvalue weighted by molar-refractivity contribution is 5.74. The number of hydrogen-bond acceptors (Lipinski definition) is 2. The molecule has 2 aromatic rings. The fourth-order valence-electron chi connectivity index (χ4n) is 2.53. The number of nitrogens with zero attached hydrogens (tertiary/aromatic N) is 1. The normalized spacial score (nSPS) is 11.3. The van der Waals surface area contributed by atoms with E-state index in [1.165, 1.54) is 5.56 Å². The van der Waals surface area contributed by atoms with Gasteiger partial charge in [-0.2, -0.15) is 0 Å². The summed E-state index contributed by atoms with van der Waals surface area (Å²) in [6, 6.07) is 11.8. The Labute approximate surface area is 131 Å². The lowest BCUT2D eigenvalue weighted by atomic mass is 9.86. The van der Waals surface area contributed by atoms with E-state index in [0.717, 1.165) is 16.7 Å². The summed E-state index contributed by atoms with van der Waals surface area (Å²) in [5.41, 5.74) is 4.71. The molecule has 0 aliphatic carbocycles. The number of aryl methyl sites for hydroxylation is 1. The third-order valence-corrected chi connectivity index (χ3v) is 3.85. The quantitative estimate of drug-likeness (QED) is 0.553. The molecule has 0 fully saturated rings. The van der Waals surface area contributed by atoms with Gasteiger partial charge in [0.15, 0.2) is 0 Å². The van der Waals surface area contributed by atoms with Crippen molar-refractivity contribution in [1.29, 1.82) is 0 Å². The molecule has 0 saturated carbocycles. The van der Waals surface area contributed by atoms with E-state index in [9.17, 15) is 10.1 Å². The van der Waals surface area contributed by atoms with Crippen LogP contribution in [0.5, 0.6) is 0 Å². The first-order valence-corrected chi connectivity index (χ1v) is 7.26. The van der Waals surface area contributed by atoms with E-state index < -0.39 is 0 Å². The van der Waals surface area contributed by atoms with E-state index in [-0.39, 0.29) is 16.0 Å². The van der Waals surface area contributed by atoms with Crippen molar-refractivity contribution in [2.45, 2.75) is 33.1 Å². The van der Waals surface area contributed by atoms with E-state index in [2.05, 4.69) is 39.5 Å². The topological polar surface area (TPSA) is 43.1 Å². The van der Waals surface area contributed by atoms with E-state index in [0.29, 0.717) is 5.56 Å². The molecule has 0 aromatic heterocycles. The van der Waals surface area contributed by atoms with Gasteiger partial charge in [0.25, 0.3) is 5.69 Å². The minimum Gasteiger partial charge on any atom is -0.258 e. The Kier molecular flexibility index (Phi) is 4.18. The zero-order valence-corrected chi connectivity index (χ0v) is 13.5. The van der Waals surface area contributed by atoms with Gasteiger partial charge in [0.1, 0.15) is 0 Å². The molecule has 0 saturated heterocycles. The Morgan fingerprint density at radius 1 is 1.09 bits per heavy atom. The van der Waals surface area contributed by atoms with Crippen LogP contribution in [-0.2, 0) is 5.41 Å². The molecule has 0 aliphatic rings. The lowest BCUT2D eigenvalue weighted by molar-refractivity contribution is -0.385. The third-order valence-electron chi connectivity index (χ3n) is 3.85. The average Bonchev–Trinajstić information content (AvgIpc) is 2.45. The van der Waals surface area contributed by atoms with E-state index in [4.69, 9.17) is 0 Å². The average molecular weight is 295 g/mol. The number of rotatable bonds is 3. The highest BCUT2D eigenvalue weighted by Crippen LogP contribution is 2.32. The van der Waals surface area contributed by atoms with Gasteiger partial charge in [-0.1, -0.05) is 63.8 Å². The van der Waals surface area contributed by atoms with Gasteiger partial charge < -0.3 is 0 Å². The summed E-state index contributed by atoms with van der Waals surface area (Å²) >= 11 is 0. The van der Waals surface area contributed by atoms with Crippen molar-refractivity contribution < 1.29 is 4.92 Å². The predicted octanol–water partition coefficient (Wildman–Crippen LogP) is 5.51. The molecule has 0 N–H and O–H groups in total. The Hall–Kier alpha value is -2.42. The minimum absolute atomic E-state index is 0.0904. The lowest BCUT2D eigenvalue weighted by Gasteiger charge is -2.19. The molecule has 2 aromatic carbocycles. The van der Waals surface area contributed by atoms with Crippen molar-refractivity contribution in [3.05, 3.63) is 69.8 Å². The van der Waals surface area contributed by atoms with Gasteiger partial charge >= 0.3 is 0 Å². The highest BCUT2D eigenvalue weighted by Gasteiger charge is 2.17. The first-order chi connectivity index (χ1) is 10.2. The van der Waals surface area contributed by atoms with E-state index in [1.54, 1.807) is 12.1 Å². The van der Waals surface area contributed by atoms with Crippen LogP contribution in [0.1, 0.15) is 37.5 Å². The molecular formula is C19H21NO2. The van der Waals surface area contributed by atoms with Crippen LogP contribution in [0, 0.1) is 17.0 Å². The van der Waals surface area contributed by atoms with Crippen molar-refractivity contribution in [3.63, 3.8) is 0 Å². The molecule has 22 heavy (non-hydrogen) atoms. The molecule has 0 atom stereocenters. The summed E-state index contributed by atoms with van der Waals surface area (Å²) in [5, 5.41) is 11.3. The van der Waals surface area contributed by atoms with Crippen LogP contribution in [0.2, 0.25) is 0 Å². The van der Waals surface area contributed by atoms with Crippen LogP contribution in [0.15, 0.2) is 43.0 Å². The molecule has 0 amide bonds. The second kappa shape index (κ2) is 5.76. The Bertz CT molecular complexity index is 722. The van der Waals surface area contributed by atoms with Crippen molar-refractivity contribution >= 4 is 11.8 Å². The monoisotopic (exact) mass is 295 g/mol. The van der Waals surface area contributed by atoms with Crippen LogP contribution in [-0.4, -0.2) is 4.92 Å².